The number of ether oxygens (including phenoxy) is 2. The molecule has 6 rings (SSSR count). The number of nitrogen functional groups attached to an aromatic ring is 2. The number of aromatic nitrogens is 4. The number of nitrogens with two attached hydrogens (primary N) is 2. The van der Waals surface area contributed by atoms with Crippen molar-refractivity contribution in [3.63, 3.8) is 0 Å². The van der Waals surface area contributed by atoms with Gasteiger partial charge in [-0.2, -0.15) is 5.10 Å². The molecule has 0 bridgehead atoms. The number of fused-ring (bicyclic) bond motifs is 3. The molecule has 2 fully saturated rings. The third kappa shape index (κ3) is 3.45. The predicted octanol–water partition coefficient (Wildman–Crippen LogP) is 3.19. The van der Waals surface area contributed by atoms with Gasteiger partial charge in [0, 0.05) is 10.8 Å². The van der Waals surface area contributed by atoms with Gasteiger partial charge in [0.15, 0.2) is 11.6 Å². The van der Waals surface area contributed by atoms with Crippen molar-refractivity contribution in [3.8, 4) is 0 Å². The van der Waals surface area contributed by atoms with E-state index in [0.717, 1.165) is 29.3 Å². The Morgan fingerprint density at radius 2 is 1.83 bits per heavy atom. The number of rotatable bonds is 4. The van der Waals surface area contributed by atoms with Gasteiger partial charge < -0.3 is 26.0 Å². The number of benzene rings is 1. The van der Waals surface area contributed by atoms with E-state index in [9.17, 15) is 5.11 Å². The van der Waals surface area contributed by atoms with Crippen LogP contribution in [-0.2, 0) is 21.5 Å². The van der Waals surface area contributed by atoms with E-state index < -0.39 is 17.5 Å². The van der Waals surface area contributed by atoms with Crippen LogP contribution in [0.4, 0.5) is 11.6 Å². The number of aryl methyl sites for hydroxylation is 1. The molecule has 1 saturated heterocycles. The fraction of sp³-hybridized carbons (Fsp3) is 0.423. The second kappa shape index (κ2) is 7.36. The van der Waals surface area contributed by atoms with Gasteiger partial charge in [0.1, 0.15) is 29.4 Å². The minimum atomic E-state index is -1.31. The molecular weight excluding hydrogens is 444 g/mol. The third-order valence-electron chi connectivity index (χ3n) is 7.62. The molecular formula is C26H30N6O3. The van der Waals surface area contributed by atoms with Crippen molar-refractivity contribution in [2.45, 2.75) is 63.6 Å². The molecule has 0 radical (unpaired) electrons. The molecule has 1 aromatic carbocycles. The summed E-state index contributed by atoms with van der Waals surface area (Å²) in [5, 5.41) is 17.6. The van der Waals surface area contributed by atoms with Crippen molar-refractivity contribution in [3.05, 3.63) is 60.0 Å². The Bertz CT molecular complexity index is 1450. The second-order valence-electron chi connectivity index (χ2n) is 10.7. The van der Waals surface area contributed by atoms with E-state index in [-0.39, 0.29) is 11.5 Å². The minimum absolute atomic E-state index is 0.290. The molecule has 1 aliphatic heterocycles. The smallest absolute Gasteiger partial charge is 0.163 e. The predicted molar refractivity (Wildman–Crippen MR) is 132 cm³/mol. The quantitative estimate of drug-likeness (QED) is 0.411. The second-order valence-corrected chi connectivity index (χ2v) is 10.7. The van der Waals surface area contributed by atoms with Gasteiger partial charge in [0.05, 0.1) is 17.3 Å². The Kier molecular flexibility index (Phi) is 4.67. The highest BCUT2D eigenvalue weighted by Gasteiger charge is 2.66. The monoisotopic (exact) mass is 474 g/mol. The zero-order chi connectivity index (χ0) is 24.6. The highest BCUT2D eigenvalue weighted by Crippen LogP contribution is 2.58. The van der Waals surface area contributed by atoms with Gasteiger partial charge >= 0.3 is 0 Å². The first-order valence-electron chi connectivity index (χ1n) is 11.9. The summed E-state index contributed by atoms with van der Waals surface area (Å²) in [4.78, 5) is 8.54. The summed E-state index contributed by atoms with van der Waals surface area (Å²) in [5.41, 5.74) is 13.6. The highest BCUT2D eigenvalue weighted by atomic mass is 16.8. The highest BCUT2D eigenvalue weighted by molar-refractivity contribution is 5.80. The molecule has 0 spiro atoms. The molecule has 4 heterocycles. The molecule has 9 heteroatoms. The van der Waals surface area contributed by atoms with E-state index in [1.807, 2.05) is 38.1 Å². The van der Waals surface area contributed by atoms with Crippen molar-refractivity contribution in [1.82, 2.24) is 19.6 Å². The molecule has 3 aromatic heterocycles. The molecule has 182 valence electrons. The number of hydrogen-bond acceptors (Lipinski definition) is 8. The van der Waals surface area contributed by atoms with Crippen molar-refractivity contribution in [1.29, 1.82) is 0 Å². The topological polar surface area (TPSA) is 134 Å². The van der Waals surface area contributed by atoms with Crippen LogP contribution in [-0.4, -0.2) is 42.7 Å². The molecule has 0 unspecified atom stereocenters. The largest absolute Gasteiger partial charge is 0.384 e. The van der Waals surface area contributed by atoms with Crippen molar-refractivity contribution in [2.75, 3.05) is 11.5 Å². The van der Waals surface area contributed by atoms with E-state index in [2.05, 4.69) is 40.2 Å². The molecule has 5 N–H and O–H groups in total. The van der Waals surface area contributed by atoms with Crippen molar-refractivity contribution in [2.24, 2.45) is 5.41 Å². The number of anilines is 2. The van der Waals surface area contributed by atoms with Gasteiger partial charge in [0.25, 0.3) is 0 Å². The number of hydrogen-bond donors (Lipinski definition) is 3. The van der Waals surface area contributed by atoms with E-state index in [1.54, 1.807) is 4.52 Å². The molecule has 35 heavy (non-hydrogen) atoms. The molecule has 9 nitrogen and oxygen atoms in total. The number of nitrogens with zero attached hydrogens (tertiary/aromatic N) is 4. The van der Waals surface area contributed by atoms with Crippen LogP contribution in [0.1, 0.15) is 44.9 Å². The van der Waals surface area contributed by atoms with Gasteiger partial charge in [-0.3, -0.25) is 0 Å². The minimum Gasteiger partial charge on any atom is -0.384 e. The van der Waals surface area contributed by atoms with Crippen LogP contribution in [0.2, 0.25) is 0 Å². The van der Waals surface area contributed by atoms with Crippen LogP contribution < -0.4 is 11.5 Å². The van der Waals surface area contributed by atoms with Gasteiger partial charge in [-0.05, 0) is 69.0 Å². The van der Waals surface area contributed by atoms with Crippen LogP contribution in [0.25, 0.3) is 16.4 Å². The lowest BCUT2D eigenvalue weighted by Gasteiger charge is -2.33. The zero-order valence-corrected chi connectivity index (χ0v) is 20.1. The zero-order valence-electron chi connectivity index (χ0n) is 20.1. The van der Waals surface area contributed by atoms with Crippen LogP contribution in [0.5, 0.6) is 0 Å². The maximum absolute atomic E-state index is 12.2. The Balaban J connectivity index is 1.35. The van der Waals surface area contributed by atoms with Gasteiger partial charge in [-0.25, -0.2) is 14.5 Å². The van der Waals surface area contributed by atoms with Crippen LogP contribution in [0.3, 0.4) is 0 Å². The maximum atomic E-state index is 12.2. The lowest BCUT2D eigenvalue weighted by atomic mass is 9.79. The Labute approximate surface area is 203 Å². The van der Waals surface area contributed by atoms with Crippen LogP contribution in [0.15, 0.2) is 48.8 Å². The summed E-state index contributed by atoms with van der Waals surface area (Å²) in [7, 11) is 0. The summed E-state index contributed by atoms with van der Waals surface area (Å²) < 4.78 is 14.4. The van der Waals surface area contributed by atoms with Gasteiger partial charge in [-0.15, -0.1) is 0 Å². The van der Waals surface area contributed by atoms with Crippen LogP contribution in [0, 0.1) is 5.41 Å². The SMILES string of the molecule is CC1(C)O[C@@H]2[C@H](O1)[C@@](C)(CCc1ccc3ccc(N)nc3c1)C[C@@]2(O)c1ccc2c(N)ncnn12. The summed E-state index contributed by atoms with van der Waals surface area (Å²) in [5.74, 6) is 0.0609. The average Bonchev–Trinajstić information content (AvgIpc) is 3.44. The average molecular weight is 475 g/mol. The molecule has 1 saturated carbocycles. The maximum Gasteiger partial charge on any atom is 0.163 e. The molecule has 1 aliphatic carbocycles. The van der Waals surface area contributed by atoms with E-state index >= 15 is 0 Å². The molecule has 4 aromatic rings. The first kappa shape index (κ1) is 22.2. The fourth-order valence-corrected chi connectivity index (χ4v) is 5.95. The summed E-state index contributed by atoms with van der Waals surface area (Å²) in [6.07, 6.45) is 2.62. The third-order valence-corrected chi connectivity index (χ3v) is 7.62. The van der Waals surface area contributed by atoms with Crippen molar-refractivity contribution >= 4 is 28.1 Å². The fourth-order valence-electron chi connectivity index (χ4n) is 5.95. The first-order chi connectivity index (χ1) is 16.6. The van der Waals surface area contributed by atoms with Crippen molar-refractivity contribution < 1.29 is 14.6 Å². The van der Waals surface area contributed by atoms with Gasteiger partial charge in [-0.1, -0.05) is 19.1 Å². The summed E-state index contributed by atoms with van der Waals surface area (Å²) in [6.45, 7) is 5.95. The normalized spacial score (nSPS) is 29.7. The lowest BCUT2D eigenvalue weighted by molar-refractivity contribution is -0.192. The molecule has 0 amide bonds. The Morgan fingerprint density at radius 3 is 2.66 bits per heavy atom. The standard InChI is InChI=1S/C26H30N6O3/c1-24(2)34-21-22(35-24)26(33,19-8-7-18-23(28)29-14-30-32(18)19)13-25(21,3)11-10-15-4-5-16-6-9-20(27)31-17(16)12-15/h4-9,12,14,21-22,33H,10-11,13H2,1-3H3,(H2,27,31)(H2,28,29,30)/t21-,22+,25-,26+/m0/s1. The van der Waals surface area contributed by atoms with E-state index in [0.29, 0.717) is 29.3 Å². The van der Waals surface area contributed by atoms with Gasteiger partial charge in [0.2, 0.25) is 0 Å². The van der Waals surface area contributed by atoms with Crippen LogP contribution >= 0.6 is 0 Å². The summed E-state index contributed by atoms with van der Waals surface area (Å²) in [6, 6.07) is 13.8. The summed E-state index contributed by atoms with van der Waals surface area (Å²) >= 11 is 0. The number of pyridine rings is 1. The lowest BCUT2D eigenvalue weighted by Crippen LogP contribution is -2.40. The number of aliphatic hydroxyl groups is 1. The Morgan fingerprint density at radius 1 is 1.06 bits per heavy atom. The van der Waals surface area contributed by atoms with E-state index in [4.69, 9.17) is 20.9 Å². The first-order valence-corrected chi connectivity index (χ1v) is 11.9. The molecule has 4 atom stereocenters. The molecule has 2 aliphatic rings. The Hall–Kier alpha value is -3.27. The van der Waals surface area contributed by atoms with E-state index in [1.165, 1.54) is 6.33 Å².